The van der Waals surface area contributed by atoms with Gasteiger partial charge in [0.1, 0.15) is 0 Å². The number of hydrogen-bond donors (Lipinski definition) is 3. The van der Waals surface area contributed by atoms with Gasteiger partial charge in [0, 0.05) is 17.3 Å². The van der Waals surface area contributed by atoms with Crippen LogP contribution in [0.3, 0.4) is 0 Å². The number of carbonyl (C=O) groups excluding carboxylic acids is 1. The van der Waals surface area contributed by atoms with Crippen LogP contribution in [-0.4, -0.2) is 37.4 Å². The molecule has 0 saturated heterocycles. The topological polar surface area (TPSA) is 70.6 Å². The first-order chi connectivity index (χ1) is 11.6. The largest absolute Gasteiger partial charge is 0.394 e. The van der Waals surface area contributed by atoms with Crippen LogP contribution >= 0.6 is 11.6 Å². The second kappa shape index (κ2) is 9.27. The predicted molar refractivity (Wildman–Crippen MR) is 96.2 cm³/mol. The van der Waals surface area contributed by atoms with Crippen LogP contribution < -0.4 is 10.6 Å². The highest BCUT2D eigenvalue weighted by atomic mass is 35.5. The minimum absolute atomic E-state index is 0.0281. The van der Waals surface area contributed by atoms with Crippen molar-refractivity contribution in [3.63, 3.8) is 0 Å². The Hall–Kier alpha value is -2.08. The summed E-state index contributed by atoms with van der Waals surface area (Å²) in [5, 5.41) is 15.4. The molecule has 0 aromatic heterocycles. The fraction of sp³-hybridized carbons (Fsp3) is 0.278. The van der Waals surface area contributed by atoms with Crippen LogP contribution in [0.25, 0.3) is 0 Å². The van der Waals surface area contributed by atoms with Crippen molar-refractivity contribution in [1.29, 1.82) is 0 Å². The molecule has 0 heterocycles. The van der Waals surface area contributed by atoms with Gasteiger partial charge in [-0.2, -0.15) is 0 Å². The third-order valence-electron chi connectivity index (χ3n) is 3.48. The number of amides is 1. The molecule has 0 fully saturated rings. The normalized spacial score (nSPS) is 10.5. The van der Waals surface area contributed by atoms with E-state index in [2.05, 4.69) is 10.6 Å². The van der Waals surface area contributed by atoms with Crippen LogP contribution in [0.2, 0.25) is 5.02 Å². The summed E-state index contributed by atoms with van der Waals surface area (Å²) in [6.07, 6.45) is 0. The van der Waals surface area contributed by atoms with Gasteiger partial charge >= 0.3 is 0 Å². The molecule has 0 aliphatic rings. The molecule has 0 aliphatic carbocycles. The maximum absolute atomic E-state index is 12.4. The minimum atomic E-state index is -0.189. The summed E-state index contributed by atoms with van der Waals surface area (Å²) >= 11 is 6.14. The van der Waals surface area contributed by atoms with Crippen LogP contribution in [0.15, 0.2) is 42.5 Å². The molecule has 5 nitrogen and oxygen atoms in total. The van der Waals surface area contributed by atoms with Crippen LogP contribution in [0, 0.1) is 6.92 Å². The fourth-order valence-corrected chi connectivity index (χ4v) is 2.35. The first kappa shape index (κ1) is 18.3. The molecule has 0 atom stereocenters. The Labute approximate surface area is 146 Å². The van der Waals surface area contributed by atoms with Crippen molar-refractivity contribution in [3.8, 4) is 0 Å². The van der Waals surface area contributed by atoms with Gasteiger partial charge in [0.25, 0.3) is 5.91 Å². The summed E-state index contributed by atoms with van der Waals surface area (Å²) in [5.41, 5.74) is 3.02. The molecule has 3 N–H and O–H groups in total. The minimum Gasteiger partial charge on any atom is -0.394 e. The summed E-state index contributed by atoms with van der Waals surface area (Å²) in [6, 6.07) is 12.9. The first-order valence-corrected chi connectivity index (χ1v) is 8.09. The molecular formula is C18H21ClN2O3. The van der Waals surface area contributed by atoms with Gasteiger partial charge in [0.2, 0.25) is 0 Å². The predicted octanol–water partition coefficient (Wildman–Crippen LogP) is 3.13. The maximum atomic E-state index is 12.4. The molecule has 0 bridgehead atoms. The number of aliphatic hydroxyl groups excluding tert-OH is 1. The Morgan fingerprint density at radius 2 is 1.88 bits per heavy atom. The number of aliphatic hydroxyl groups is 1. The molecule has 128 valence electrons. The quantitative estimate of drug-likeness (QED) is 0.641. The van der Waals surface area contributed by atoms with E-state index in [9.17, 15) is 4.79 Å². The van der Waals surface area contributed by atoms with Gasteiger partial charge in [0.05, 0.1) is 31.1 Å². The van der Waals surface area contributed by atoms with Gasteiger partial charge in [-0.1, -0.05) is 29.8 Å². The number of carbonyl (C=O) groups is 1. The van der Waals surface area contributed by atoms with Crippen molar-refractivity contribution >= 4 is 28.9 Å². The molecule has 2 aromatic carbocycles. The van der Waals surface area contributed by atoms with Crippen molar-refractivity contribution in [2.24, 2.45) is 0 Å². The molecule has 1 amide bonds. The van der Waals surface area contributed by atoms with Gasteiger partial charge in [-0.15, -0.1) is 0 Å². The number of rotatable bonds is 8. The SMILES string of the molecule is Cc1c(Cl)cccc1Nc1ccccc1C(=O)NCCOCCO. The third kappa shape index (κ3) is 4.96. The number of hydrogen-bond acceptors (Lipinski definition) is 4. The number of halogens is 1. The highest BCUT2D eigenvalue weighted by Crippen LogP contribution is 2.27. The fourth-order valence-electron chi connectivity index (χ4n) is 2.18. The van der Waals surface area contributed by atoms with E-state index in [1.165, 1.54) is 0 Å². The molecule has 6 heteroatoms. The molecule has 0 unspecified atom stereocenters. The average Bonchev–Trinajstić information content (AvgIpc) is 2.59. The lowest BCUT2D eigenvalue weighted by Crippen LogP contribution is -2.28. The molecule has 2 rings (SSSR count). The van der Waals surface area contributed by atoms with Crippen LogP contribution in [0.5, 0.6) is 0 Å². The zero-order chi connectivity index (χ0) is 17.4. The van der Waals surface area contributed by atoms with Crippen LogP contribution in [0.1, 0.15) is 15.9 Å². The molecule has 0 saturated carbocycles. The maximum Gasteiger partial charge on any atom is 0.253 e. The molecule has 2 aromatic rings. The molecular weight excluding hydrogens is 328 g/mol. The van der Waals surface area contributed by atoms with E-state index in [0.717, 1.165) is 11.3 Å². The lowest BCUT2D eigenvalue weighted by atomic mass is 10.1. The van der Waals surface area contributed by atoms with Gasteiger partial charge in [0.15, 0.2) is 0 Å². The summed E-state index contributed by atoms with van der Waals surface area (Å²) < 4.78 is 5.13. The Morgan fingerprint density at radius 1 is 1.12 bits per heavy atom. The van der Waals surface area contributed by atoms with Gasteiger partial charge < -0.3 is 20.5 Å². The van der Waals surface area contributed by atoms with E-state index in [-0.39, 0.29) is 19.1 Å². The van der Waals surface area contributed by atoms with Crippen molar-refractivity contribution in [2.75, 3.05) is 31.7 Å². The first-order valence-electron chi connectivity index (χ1n) is 7.71. The zero-order valence-corrected chi connectivity index (χ0v) is 14.3. The smallest absolute Gasteiger partial charge is 0.253 e. The second-order valence-electron chi connectivity index (χ2n) is 5.17. The summed E-state index contributed by atoms with van der Waals surface area (Å²) in [4.78, 5) is 12.4. The third-order valence-corrected chi connectivity index (χ3v) is 3.89. The number of ether oxygens (including phenoxy) is 1. The van der Waals surface area contributed by atoms with Gasteiger partial charge in [-0.3, -0.25) is 4.79 Å². The highest BCUT2D eigenvalue weighted by molar-refractivity contribution is 6.31. The lowest BCUT2D eigenvalue weighted by Gasteiger charge is -2.14. The number of anilines is 2. The second-order valence-corrected chi connectivity index (χ2v) is 5.58. The van der Waals surface area contributed by atoms with Crippen molar-refractivity contribution < 1.29 is 14.6 Å². The number of benzene rings is 2. The van der Waals surface area contributed by atoms with Gasteiger partial charge in [-0.05, 0) is 36.8 Å². The summed E-state index contributed by atoms with van der Waals surface area (Å²) in [6.45, 7) is 2.90. The van der Waals surface area contributed by atoms with E-state index >= 15 is 0 Å². The molecule has 0 aliphatic heterocycles. The van der Waals surface area contributed by atoms with E-state index in [4.69, 9.17) is 21.4 Å². The monoisotopic (exact) mass is 348 g/mol. The lowest BCUT2D eigenvalue weighted by molar-refractivity contribution is 0.0838. The van der Waals surface area contributed by atoms with E-state index in [1.54, 1.807) is 6.07 Å². The Kier molecular flexibility index (Phi) is 7.06. The summed E-state index contributed by atoms with van der Waals surface area (Å²) in [5.74, 6) is -0.189. The van der Waals surface area contributed by atoms with E-state index in [1.807, 2.05) is 43.3 Å². The van der Waals surface area contributed by atoms with Crippen molar-refractivity contribution in [1.82, 2.24) is 5.32 Å². The summed E-state index contributed by atoms with van der Waals surface area (Å²) in [7, 11) is 0. The Balaban J connectivity index is 2.07. The van der Waals surface area contributed by atoms with Crippen molar-refractivity contribution in [3.05, 3.63) is 58.6 Å². The highest BCUT2D eigenvalue weighted by Gasteiger charge is 2.12. The molecule has 0 spiro atoms. The van der Waals surface area contributed by atoms with E-state index in [0.29, 0.717) is 29.4 Å². The van der Waals surface area contributed by atoms with Crippen LogP contribution in [0.4, 0.5) is 11.4 Å². The zero-order valence-electron chi connectivity index (χ0n) is 13.5. The molecule has 24 heavy (non-hydrogen) atoms. The van der Waals surface area contributed by atoms with E-state index < -0.39 is 0 Å². The van der Waals surface area contributed by atoms with Gasteiger partial charge in [-0.25, -0.2) is 0 Å². The number of para-hydroxylation sites is 1. The Morgan fingerprint density at radius 3 is 2.67 bits per heavy atom. The standard InChI is InChI=1S/C18H21ClN2O3/c1-13-15(19)6-4-8-16(13)21-17-7-3-2-5-14(17)18(23)20-9-11-24-12-10-22/h2-8,21-22H,9-12H2,1H3,(H,20,23). The molecule has 0 radical (unpaired) electrons. The van der Waals surface area contributed by atoms with Crippen LogP contribution in [-0.2, 0) is 4.74 Å². The average molecular weight is 349 g/mol. The number of nitrogens with one attached hydrogen (secondary N) is 2. The van der Waals surface area contributed by atoms with Crippen molar-refractivity contribution in [2.45, 2.75) is 6.92 Å². The Bertz CT molecular complexity index is 692.